The van der Waals surface area contributed by atoms with E-state index < -0.39 is 83.9 Å². The molecule has 0 saturated carbocycles. The molecule has 318 valence electrons. The molecule has 0 radical (unpaired) electrons. The van der Waals surface area contributed by atoms with Crippen LogP contribution in [-0.2, 0) is 44.7 Å². The van der Waals surface area contributed by atoms with Crippen molar-refractivity contribution in [1.82, 2.24) is 26.6 Å². The highest BCUT2D eigenvalue weighted by Crippen LogP contribution is 2.18. The van der Waals surface area contributed by atoms with Crippen LogP contribution in [0.15, 0.2) is 70.9 Å². The smallest absolute Gasteiger partial charge is 0.327 e. The first-order chi connectivity index (χ1) is 27.4. The number of nitrogens with two attached hydrogens (primary N) is 2. The first-order valence-corrected chi connectivity index (χ1v) is 19.0. The van der Waals surface area contributed by atoms with Crippen LogP contribution in [0.4, 0.5) is 0 Å². The normalized spacial score (nSPS) is 25.1. The minimum atomic E-state index is -1.80. The van der Waals surface area contributed by atoms with Crippen LogP contribution in [0, 0.1) is 17.8 Å². The zero-order valence-electron chi connectivity index (χ0n) is 33.8. The Kier molecular flexibility index (Phi) is 19.8. The molecule has 8 atom stereocenters. The number of hydrogen-bond acceptors (Lipinski definition) is 9. The van der Waals surface area contributed by atoms with Crippen LogP contribution in [0.3, 0.4) is 0 Å². The summed E-state index contributed by atoms with van der Waals surface area (Å²) < 4.78 is 5.78. The summed E-state index contributed by atoms with van der Waals surface area (Å²) in [5.41, 5.74) is 12.4. The van der Waals surface area contributed by atoms with Gasteiger partial charge in [-0.25, -0.2) is 9.59 Å². The maximum absolute atomic E-state index is 14.0. The Labute approximate surface area is 338 Å². The van der Waals surface area contributed by atoms with Gasteiger partial charge in [-0.1, -0.05) is 81.0 Å². The van der Waals surface area contributed by atoms with Gasteiger partial charge in [-0.05, 0) is 45.1 Å². The van der Waals surface area contributed by atoms with Gasteiger partial charge in [0.15, 0.2) is 5.96 Å². The number of carboxylic acid groups (broad SMARTS) is 2. The first kappa shape index (κ1) is 48.1. The van der Waals surface area contributed by atoms with E-state index >= 15 is 0 Å². The molecule has 1 aliphatic rings. The van der Waals surface area contributed by atoms with Crippen LogP contribution in [-0.4, -0.2) is 102 Å². The van der Waals surface area contributed by atoms with Crippen molar-refractivity contribution in [3.63, 3.8) is 0 Å². The van der Waals surface area contributed by atoms with E-state index in [1.165, 1.54) is 26.8 Å². The molecular formula is C40H58N8O10. The van der Waals surface area contributed by atoms with Gasteiger partial charge in [0.2, 0.25) is 23.6 Å². The number of rotatable bonds is 13. The number of carbonyl (C=O) groups excluding carboxylic acids is 5. The number of carbonyl (C=O) groups is 7. The lowest BCUT2D eigenvalue weighted by atomic mass is 9.94. The third-order valence-electron chi connectivity index (χ3n) is 9.65. The lowest BCUT2D eigenvalue weighted by Gasteiger charge is -2.27. The third kappa shape index (κ3) is 15.8. The number of nitrogens with one attached hydrogen (secondary N) is 5. The Bertz CT molecular complexity index is 1740. The average Bonchev–Trinajstić information content (AvgIpc) is 3.17. The number of nitrogens with zero attached hydrogens (tertiary/aromatic N) is 1. The van der Waals surface area contributed by atoms with Crippen molar-refractivity contribution in [1.29, 1.82) is 0 Å². The number of benzene rings is 1. The molecule has 1 fully saturated rings. The molecule has 0 aliphatic carbocycles. The SMILES string of the molecule is CC=C1NC(=O)CC[C@H](C(=O)O)NC(=O)[C@@H](C)[C@H](/C=C/C(C)=C/[C@H](C)[C@H](Cc2ccccc2)OC)NC(=O)[C@H](CCCN=C(N)N)NC(=O)[C@@H](C)[C@H](C(=O)O)NC1=O. The van der Waals surface area contributed by atoms with Gasteiger partial charge < -0.3 is 53.0 Å². The predicted molar refractivity (Wildman–Crippen MR) is 215 cm³/mol. The maximum atomic E-state index is 14.0. The van der Waals surface area contributed by atoms with Gasteiger partial charge in [-0.2, -0.15) is 0 Å². The van der Waals surface area contributed by atoms with Gasteiger partial charge in [0.25, 0.3) is 5.91 Å². The van der Waals surface area contributed by atoms with Gasteiger partial charge in [-0.3, -0.25) is 29.0 Å². The van der Waals surface area contributed by atoms with E-state index in [0.717, 1.165) is 11.1 Å². The van der Waals surface area contributed by atoms with Crippen molar-refractivity contribution in [2.24, 2.45) is 34.2 Å². The van der Waals surface area contributed by atoms with Crippen LogP contribution in [0.25, 0.3) is 0 Å². The Morgan fingerprint density at radius 2 is 1.60 bits per heavy atom. The second-order valence-corrected chi connectivity index (χ2v) is 14.2. The second-order valence-electron chi connectivity index (χ2n) is 14.2. The highest BCUT2D eigenvalue weighted by Gasteiger charge is 2.36. The van der Waals surface area contributed by atoms with E-state index in [2.05, 4.69) is 31.6 Å². The van der Waals surface area contributed by atoms with Gasteiger partial charge in [-0.15, -0.1) is 0 Å². The molecule has 0 spiro atoms. The number of allylic oxidation sites excluding steroid dienone is 3. The Morgan fingerprint density at radius 3 is 2.19 bits per heavy atom. The molecule has 1 saturated heterocycles. The number of aliphatic carboxylic acids is 2. The Balaban J connectivity index is 2.60. The molecule has 0 unspecified atom stereocenters. The van der Waals surface area contributed by atoms with Gasteiger partial charge in [0, 0.05) is 26.0 Å². The minimum absolute atomic E-state index is 0.0334. The lowest BCUT2D eigenvalue weighted by Crippen LogP contribution is -2.56. The van der Waals surface area contributed by atoms with Crippen molar-refractivity contribution in [3.05, 3.63) is 71.5 Å². The number of methoxy groups -OCH3 is 1. The van der Waals surface area contributed by atoms with E-state index in [1.54, 1.807) is 19.3 Å². The second kappa shape index (κ2) is 23.9. The molecule has 0 bridgehead atoms. The predicted octanol–water partition coefficient (Wildman–Crippen LogP) is 0.631. The summed E-state index contributed by atoms with van der Waals surface area (Å²) in [6.45, 7) is 8.02. The monoisotopic (exact) mass is 810 g/mol. The largest absolute Gasteiger partial charge is 0.480 e. The van der Waals surface area contributed by atoms with Crippen LogP contribution >= 0.6 is 0 Å². The van der Waals surface area contributed by atoms with E-state index in [4.69, 9.17) is 16.2 Å². The molecule has 11 N–H and O–H groups in total. The summed E-state index contributed by atoms with van der Waals surface area (Å²) in [7, 11) is 1.63. The van der Waals surface area contributed by atoms with Crippen LogP contribution in [0.1, 0.15) is 65.9 Å². The highest BCUT2D eigenvalue weighted by atomic mass is 16.5. The van der Waals surface area contributed by atoms with E-state index in [-0.39, 0.29) is 49.5 Å². The molecule has 1 aliphatic heterocycles. The molecule has 1 aromatic carbocycles. The van der Waals surface area contributed by atoms with Crippen molar-refractivity contribution in [2.75, 3.05) is 13.7 Å². The molecule has 18 nitrogen and oxygen atoms in total. The summed E-state index contributed by atoms with van der Waals surface area (Å²) in [5, 5.41) is 32.3. The van der Waals surface area contributed by atoms with Crippen LogP contribution in [0.5, 0.6) is 0 Å². The van der Waals surface area contributed by atoms with Gasteiger partial charge >= 0.3 is 11.9 Å². The number of hydrogen-bond donors (Lipinski definition) is 9. The Morgan fingerprint density at radius 1 is 0.948 bits per heavy atom. The molecule has 58 heavy (non-hydrogen) atoms. The van der Waals surface area contributed by atoms with Crippen molar-refractivity contribution >= 4 is 47.4 Å². The molecule has 2 rings (SSSR count). The summed E-state index contributed by atoms with van der Waals surface area (Å²) in [6.07, 6.45) is 6.24. The number of amides is 5. The van der Waals surface area contributed by atoms with Crippen molar-refractivity contribution in [3.8, 4) is 0 Å². The fourth-order valence-corrected chi connectivity index (χ4v) is 6.09. The highest BCUT2D eigenvalue weighted by molar-refractivity contribution is 6.00. The number of aliphatic imine (C=N–C) groups is 1. The lowest BCUT2D eigenvalue weighted by molar-refractivity contribution is -0.146. The molecule has 5 amide bonds. The third-order valence-corrected chi connectivity index (χ3v) is 9.65. The van der Waals surface area contributed by atoms with Gasteiger partial charge in [0.1, 0.15) is 23.8 Å². The maximum Gasteiger partial charge on any atom is 0.327 e. The molecular weight excluding hydrogens is 752 g/mol. The number of guanidine groups is 1. The zero-order valence-corrected chi connectivity index (χ0v) is 33.8. The first-order valence-electron chi connectivity index (χ1n) is 19.0. The standard InChI is InChI=1S/C40H58N8O10/c1-7-27-36(52)48-33(39(56)57)25(5)35(51)46-29(14-11-19-43-40(41)42)37(53)45-28(24(4)34(50)47-30(38(54)55)17-18-32(49)44-27)16-15-22(2)20-23(3)31(58-6)21-26-12-9-8-10-13-26/h7-10,12-13,15-16,20,23-25,28-31,33H,11,14,17-19,21H2,1-6H3,(H,44,49)(H,45,53)(H,46,51)(H,47,50)(H,48,52)(H,54,55)(H,56,57)(H4,41,42,43)/b16-15+,22-20+,27-7?/t23-,24-,25-,28-,29-,30+,31-,33+/m0/s1. The molecule has 0 aromatic heterocycles. The van der Waals surface area contributed by atoms with Crippen molar-refractivity contribution < 1.29 is 48.5 Å². The van der Waals surface area contributed by atoms with Gasteiger partial charge in [0.05, 0.1) is 24.0 Å². The number of carboxylic acids is 2. The molecule has 18 heteroatoms. The van der Waals surface area contributed by atoms with Crippen molar-refractivity contribution in [2.45, 2.75) is 97.0 Å². The summed E-state index contributed by atoms with van der Waals surface area (Å²) in [5.74, 6) is -10.1. The number of ether oxygens (including phenoxy) is 1. The van der Waals surface area contributed by atoms with Crippen LogP contribution < -0.4 is 38.1 Å². The average molecular weight is 811 g/mol. The molecule has 1 aromatic rings. The summed E-state index contributed by atoms with van der Waals surface area (Å²) >= 11 is 0. The Hall–Kier alpha value is -6.04. The van der Waals surface area contributed by atoms with Crippen LogP contribution in [0.2, 0.25) is 0 Å². The topological polar surface area (TPSA) is 294 Å². The quantitative estimate of drug-likeness (QED) is 0.0436. The van der Waals surface area contributed by atoms with E-state index in [0.29, 0.717) is 6.42 Å². The fraction of sp³-hybridized carbons (Fsp3) is 0.500. The van der Waals surface area contributed by atoms with E-state index in [9.17, 15) is 43.8 Å². The summed E-state index contributed by atoms with van der Waals surface area (Å²) in [6, 6.07) is 4.11. The zero-order chi connectivity index (χ0) is 43.5. The fourth-order valence-electron chi connectivity index (χ4n) is 6.09. The van der Waals surface area contributed by atoms with E-state index in [1.807, 2.05) is 50.3 Å². The summed E-state index contributed by atoms with van der Waals surface area (Å²) in [4.78, 5) is 95.6. The minimum Gasteiger partial charge on any atom is -0.480 e. The molecule has 1 heterocycles.